The van der Waals surface area contributed by atoms with Crippen LogP contribution in [0.15, 0.2) is 0 Å². The number of rotatable bonds is 6. The van der Waals surface area contributed by atoms with E-state index in [2.05, 4.69) is 52.0 Å². The van der Waals surface area contributed by atoms with Gasteiger partial charge in [-0.15, -0.1) is 0 Å². The van der Waals surface area contributed by atoms with Gasteiger partial charge in [-0.05, 0) is 57.5 Å². The number of nitrogens with one attached hydrogen (secondary N) is 1. The number of likely N-dealkylation sites (N-methyl/N-ethyl adjacent to an activating group) is 1. The van der Waals surface area contributed by atoms with Gasteiger partial charge in [-0.1, -0.05) is 27.7 Å². The smallest absolute Gasteiger partial charge is 0.0217 e. The summed E-state index contributed by atoms with van der Waals surface area (Å²) in [4.78, 5) is 2.38. The van der Waals surface area contributed by atoms with Crippen LogP contribution in [0.4, 0.5) is 0 Å². The van der Waals surface area contributed by atoms with Crippen LogP contribution in [0.25, 0.3) is 0 Å². The standard InChI is InChI=1S/C16H34N2/c1-12(2)7-16(18(5)6)11-17-15-9-13(3)8-14(4)10-15/h12-17H,7-11H2,1-6H3. The van der Waals surface area contributed by atoms with Crippen LogP contribution >= 0.6 is 0 Å². The first kappa shape index (κ1) is 16.0. The van der Waals surface area contributed by atoms with Gasteiger partial charge in [0.1, 0.15) is 0 Å². The van der Waals surface area contributed by atoms with Gasteiger partial charge in [-0.3, -0.25) is 0 Å². The third-order valence-corrected chi connectivity index (χ3v) is 4.29. The van der Waals surface area contributed by atoms with E-state index in [0.717, 1.165) is 30.3 Å². The van der Waals surface area contributed by atoms with Gasteiger partial charge >= 0.3 is 0 Å². The maximum atomic E-state index is 3.83. The van der Waals surface area contributed by atoms with Gasteiger partial charge in [-0.25, -0.2) is 0 Å². The van der Waals surface area contributed by atoms with Gasteiger partial charge in [0.15, 0.2) is 0 Å². The van der Waals surface area contributed by atoms with Crippen molar-refractivity contribution in [3.8, 4) is 0 Å². The summed E-state index contributed by atoms with van der Waals surface area (Å²) in [6.07, 6.45) is 5.44. The Morgan fingerprint density at radius 2 is 1.61 bits per heavy atom. The molecule has 0 aromatic heterocycles. The Morgan fingerprint density at radius 1 is 1.06 bits per heavy atom. The molecule has 0 aliphatic heterocycles. The Morgan fingerprint density at radius 3 is 2.06 bits per heavy atom. The molecule has 108 valence electrons. The monoisotopic (exact) mass is 254 g/mol. The zero-order valence-electron chi connectivity index (χ0n) is 13.4. The van der Waals surface area contributed by atoms with E-state index in [1.807, 2.05) is 0 Å². The zero-order valence-corrected chi connectivity index (χ0v) is 13.4. The van der Waals surface area contributed by atoms with E-state index in [0.29, 0.717) is 6.04 Å². The van der Waals surface area contributed by atoms with Gasteiger partial charge in [0.05, 0.1) is 0 Å². The lowest BCUT2D eigenvalue weighted by Gasteiger charge is -2.34. The molecule has 0 spiro atoms. The molecule has 0 radical (unpaired) electrons. The van der Waals surface area contributed by atoms with Crippen molar-refractivity contribution in [3.63, 3.8) is 0 Å². The summed E-state index contributed by atoms with van der Waals surface area (Å²) in [6.45, 7) is 10.6. The molecule has 1 fully saturated rings. The maximum absolute atomic E-state index is 3.83. The average Bonchev–Trinajstić information content (AvgIpc) is 2.21. The molecule has 0 aromatic carbocycles. The second kappa shape index (κ2) is 7.49. The van der Waals surface area contributed by atoms with Crippen molar-refractivity contribution in [2.45, 2.75) is 65.5 Å². The molecular weight excluding hydrogens is 220 g/mol. The topological polar surface area (TPSA) is 15.3 Å². The number of hydrogen-bond donors (Lipinski definition) is 1. The normalized spacial score (nSPS) is 31.0. The van der Waals surface area contributed by atoms with Gasteiger partial charge in [-0.2, -0.15) is 0 Å². The van der Waals surface area contributed by atoms with Crippen LogP contribution in [-0.2, 0) is 0 Å². The molecule has 2 heteroatoms. The molecule has 1 aliphatic carbocycles. The minimum absolute atomic E-state index is 0.678. The minimum atomic E-state index is 0.678. The molecule has 0 heterocycles. The summed E-state index contributed by atoms with van der Waals surface area (Å²) < 4.78 is 0. The quantitative estimate of drug-likeness (QED) is 0.782. The average molecular weight is 254 g/mol. The molecule has 0 aromatic rings. The summed E-state index contributed by atoms with van der Waals surface area (Å²) in [5.74, 6) is 2.58. The highest BCUT2D eigenvalue weighted by atomic mass is 15.1. The van der Waals surface area contributed by atoms with Crippen LogP contribution in [0.2, 0.25) is 0 Å². The van der Waals surface area contributed by atoms with Crippen molar-refractivity contribution in [3.05, 3.63) is 0 Å². The molecule has 2 nitrogen and oxygen atoms in total. The van der Waals surface area contributed by atoms with E-state index in [4.69, 9.17) is 0 Å². The van der Waals surface area contributed by atoms with E-state index in [1.54, 1.807) is 0 Å². The van der Waals surface area contributed by atoms with E-state index in [1.165, 1.54) is 25.7 Å². The number of hydrogen-bond acceptors (Lipinski definition) is 2. The Bertz CT molecular complexity index is 215. The van der Waals surface area contributed by atoms with E-state index in [9.17, 15) is 0 Å². The fourth-order valence-electron chi connectivity index (χ4n) is 3.44. The summed E-state index contributed by atoms with van der Waals surface area (Å²) in [5, 5.41) is 3.83. The Labute approximate surface area is 115 Å². The third kappa shape index (κ3) is 5.71. The van der Waals surface area contributed by atoms with Gasteiger partial charge < -0.3 is 10.2 Å². The SMILES string of the molecule is CC(C)CC(CNC1CC(C)CC(C)C1)N(C)C. The summed E-state index contributed by atoms with van der Waals surface area (Å²) in [6, 6.07) is 1.43. The molecule has 3 unspecified atom stereocenters. The molecule has 1 N–H and O–H groups in total. The van der Waals surface area contributed by atoms with E-state index < -0.39 is 0 Å². The first-order valence-corrected chi connectivity index (χ1v) is 7.78. The van der Waals surface area contributed by atoms with Crippen molar-refractivity contribution in [2.75, 3.05) is 20.6 Å². The van der Waals surface area contributed by atoms with Crippen LogP contribution in [0.1, 0.15) is 53.4 Å². The predicted octanol–water partition coefficient (Wildman–Crippen LogP) is 3.38. The Balaban J connectivity index is 2.36. The molecule has 0 amide bonds. The molecule has 0 saturated heterocycles. The lowest BCUT2D eigenvalue weighted by molar-refractivity contribution is 0.202. The zero-order chi connectivity index (χ0) is 13.7. The molecular formula is C16H34N2. The van der Waals surface area contributed by atoms with Crippen molar-refractivity contribution in [2.24, 2.45) is 17.8 Å². The van der Waals surface area contributed by atoms with Crippen molar-refractivity contribution in [1.82, 2.24) is 10.2 Å². The fraction of sp³-hybridized carbons (Fsp3) is 1.00. The molecule has 0 bridgehead atoms. The molecule has 18 heavy (non-hydrogen) atoms. The summed E-state index contributed by atoms with van der Waals surface area (Å²) >= 11 is 0. The van der Waals surface area contributed by atoms with Gasteiger partial charge in [0.25, 0.3) is 0 Å². The predicted molar refractivity (Wildman–Crippen MR) is 80.9 cm³/mol. The second-order valence-corrected chi connectivity index (χ2v) is 7.27. The Hall–Kier alpha value is -0.0800. The van der Waals surface area contributed by atoms with Crippen LogP contribution in [0.3, 0.4) is 0 Å². The lowest BCUT2D eigenvalue weighted by atomic mass is 9.80. The van der Waals surface area contributed by atoms with Crippen molar-refractivity contribution < 1.29 is 0 Å². The lowest BCUT2D eigenvalue weighted by Crippen LogP contribution is -2.44. The highest BCUT2D eigenvalue weighted by molar-refractivity contribution is 4.82. The van der Waals surface area contributed by atoms with Gasteiger partial charge in [0.2, 0.25) is 0 Å². The highest BCUT2D eigenvalue weighted by Gasteiger charge is 2.24. The van der Waals surface area contributed by atoms with E-state index >= 15 is 0 Å². The van der Waals surface area contributed by atoms with Crippen molar-refractivity contribution in [1.29, 1.82) is 0 Å². The maximum Gasteiger partial charge on any atom is 0.0217 e. The van der Waals surface area contributed by atoms with Crippen LogP contribution in [0, 0.1) is 17.8 Å². The Kier molecular flexibility index (Phi) is 6.65. The van der Waals surface area contributed by atoms with E-state index in [-0.39, 0.29) is 0 Å². The van der Waals surface area contributed by atoms with Gasteiger partial charge in [0, 0.05) is 18.6 Å². The molecule has 1 aliphatic rings. The highest BCUT2D eigenvalue weighted by Crippen LogP contribution is 2.28. The molecule has 3 atom stereocenters. The molecule has 1 rings (SSSR count). The molecule has 1 saturated carbocycles. The first-order chi connectivity index (χ1) is 8.38. The van der Waals surface area contributed by atoms with Crippen LogP contribution < -0.4 is 5.32 Å². The fourth-order valence-corrected chi connectivity index (χ4v) is 3.44. The third-order valence-electron chi connectivity index (χ3n) is 4.29. The number of nitrogens with zero attached hydrogens (tertiary/aromatic N) is 1. The van der Waals surface area contributed by atoms with Crippen molar-refractivity contribution >= 4 is 0 Å². The minimum Gasteiger partial charge on any atom is -0.312 e. The van der Waals surface area contributed by atoms with Crippen LogP contribution in [0.5, 0.6) is 0 Å². The first-order valence-electron chi connectivity index (χ1n) is 7.78. The summed E-state index contributed by atoms with van der Waals surface area (Å²) in [5.41, 5.74) is 0. The summed E-state index contributed by atoms with van der Waals surface area (Å²) in [7, 11) is 4.42. The second-order valence-electron chi connectivity index (χ2n) is 7.27. The largest absolute Gasteiger partial charge is 0.312 e. The van der Waals surface area contributed by atoms with Crippen LogP contribution in [-0.4, -0.2) is 37.6 Å².